The average Bonchev–Trinajstić information content (AvgIpc) is 2.50. The summed E-state index contributed by atoms with van der Waals surface area (Å²) < 4.78 is 5.65. The molecule has 0 bridgehead atoms. The van der Waals surface area contributed by atoms with Gasteiger partial charge in [0, 0.05) is 13.2 Å². The smallest absolute Gasteiger partial charge is 0.407 e. The van der Waals surface area contributed by atoms with Gasteiger partial charge in [0.2, 0.25) is 0 Å². The predicted octanol–water partition coefficient (Wildman–Crippen LogP) is 2.19. The highest BCUT2D eigenvalue weighted by molar-refractivity contribution is 5.65. The van der Waals surface area contributed by atoms with Gasteiger partial charge in [-0.15, -0.1) is 0 Å². The van der Waals surface area contributed by atoms with Crippen LogP contribution < -0.4 is 0 Å². The molecule has 0 aromatic heterocycles. The Labute approximate surface area is 91.2 Å². The van der Waals surface area contributed by atoms with Crippen LogP contribution in [0.2, 0.25) is 0 Å². The Balaban J connectivity index is 2.17. The molecule has 1 aliphatic rings. The number of carbonyl (C=O) groups is 1. The van der Waals surface area contributed by atoms with Crippen LogP contribution in [0.1, 0.15) is 33.6 Å². The van der Waals surface area contributed by atoms with E-state index in [0.29, 0.717) is 13.1 Å². The molecule has 1 saturated heterocycles. The number of ether oxygens (including phenoxy) is 1. The Morgan fingerprint density at radius 1 is 1.53 bits per heavy atom. The summed E-state index contributed by atoms with van der Waals surface area (Å²) in [6.07, 6.45) is 1.10. The fraction of sp³-hybridized carbons (Fsp3) is 0.909. The topological polar surface area (TPSA) is 49.8 Å². The van der Waals surface area contributed by atoms with Gasteiger partial charge in [0.1, 0.15) is 0 Å². The SMILES string of the molecule is CC(C)(C)CCO[C@H]1CCN(C(=O)O)C1. The van der Waals surface area contributed by atoms with Crippen LogP contribution in [0.5, 0.6) is 0 Å². The third-order valence-corrected chi connectivity index (χ3v) is 2.62. The van der Waals surface area contributed by atoms with Crippen LogP contribution in [0.25, 0.3) is 0 Å². The second-order valence-electron chi connectivity index (χ2n) is 5.32. The van der Waals surface area contributed by atoms with E-state index >= 15 is 0 Å². The quantitative estimate of drug-likeness (QED) is 0.785. The van der Waals surface area contributed by atoms with Gasteiger partial charge in [-0.3, -0.25) is 0 Å². The zero-order chi connectivity index (χ0) is 11.5. The van der Waals surface area contributed by atoms with Gasteiger partial charge in [-0.1, -0.05) is 20.8 Å². The number of carboxylic acid groups (broad SMARTS) is 1. The first-order valence-electron chi connectivity index (χ1n) is 5.48. The molecule has 1 amide bonds. The molecule has 0 aromatic rings. The third kappa shape index (κ3) is 4.51. The van der Waals surface area contributed by atoms with Gasteiger partial charge in [0.15, 0.2) is 0 Å². The molecule has 88 valence electrons. The van der Waals surface area contributed by atoms with Gasteiger partial charge in [-0.25, -0.2) is 4.79 Å². The summed E-state index contributed by atoms with van der Waals surface area (Å²) >= 11 is 0. The molecule has 4 nitrogen and oxygen atoms in total. The van der Waals surface area contributed by atoms with E-state index in [1.807, 2.05) is 0 Å². The first-order valence-corrected chi connectivity index (χ1v) is 5.48. The van der Waals surface area contributed by atoms with Gasteiger partial charge in [0.25, 0.3) is 0 Å². The van der Waals surface area contributed by atoms with E-state index in [9.17, 15) is 4.79 Å². The largest absolute Gasteiger partial charge is 0.465 e. The fourth-order valence-electron chi connectivity index (χ4n) is 1.57. The Morgan fingerprint density at radius 2 is 2.20 bits per heavy atom. The second-order valence-corrected chi connectivity index (χ2v) is 5.32. The standard InChI is InChI=1S/C11H21NO3/c1-11(2,3)5-7-15-9-4-6-12(8-9)10(13)14/h9H,4-8H2,1-3H3,(H,13,14)/t9-/m0/s1. The summed E-state index contributed by atoms with van der Waals surface area (Å²) in [5, 5.41) is 8.76. The number of likely N-dealkylation sites (tertiary alicyclic amines) is 1. The number of hydrogen-bond acceptors (Lipinski definition) is 2. The Bertz CT molecular complexity index is 222. The van der Waals surface area contributed by atoms with Crippen LogP contribution in [0.4, 0.5) is 4.79 Å². The normalized spacial score (nSPS) is 22.1. The van der Waals surface area contributed by atoms with Crippen LogP contribution in [0.15, 0.2) is 0 Å². The average molecular weight is 215 g/mol. The molecule has 1 aliphatic heterocycles. The first-order chi connectivity index (χ1) is 6.88. The van der Waals surface area contributed by atoms with E-state index < -0.39 is 6.09 Å². The van der Waals surface area contributed by atoms with E-state index in [-0.39, 0.29) is 11.5 Å². The van der Waals surface area contributed by atoms with Gasteiger partial charge in [-0.2, -0.15) is 0 Å². The molecule has 0 spiro atoms. The minimum atomic E-state index is -0.836. The molecule has 4 heteroatoms. The highest BCUT2D eigenvalue weighted by Gasteiger charge is 2.26. The summed E-state index contributed by atoms with van der Waals surface area (Å²) in [5.41, 5.74) is 0.283. The molecular formula is C11H21NO3. The molecule has 1 heterocycles. The maximum atomic E-state index is 10.7. The number of hydrogen-bond donors (Lipinski definition) is 1. The Kier molecular flexibility index (Phi) is 3.97. The molecule has 15 heavy (non-hydrogen) atoms. The molecule has 1 N–H and O–H groups in total. The highest BCUT2D eigenvalue weighted by atomic mass is 16.5. The van der Waals surface area contributed by atoms with E-state index in [4.69, 9.17) is 9.84 Å². The lowest BCUT2D eigenvalue weighted by molar-refractivity contribution is 0.0433. The second kappa shape index (κ2) is 4.84. The van der Waals surface area contributed by atoms with Crippen LogP contribution in [-0.4, -0.2) is 41.9 Å². The molecular weight excluding hydrogens is 194 g/mol. The van der Waals surface area contributed by atoms with Crippen molar-refractivity contribution in [2.24, 2.45) is 5.41 Å². The van der Waals surface area contributed by atoms with Gasteiger partial charge in [-0.05, 0) is 18.3 Å². The number of rotatable bonds is 3. The lowest BCUT2D eigenvalue weighted by Gasteiger charge is -2.19. The molecule has 0 saturated carbocycles. The number of nitrogens with zero attached hydrogens (tertiary/aromatic N) is 1. The van der Waals surface area contributed by atoms with Crippen LogP contribution in [0, 0.1) is 5.41 Å². The van der Waals surface area contributed by atoms with E-state index in [2.05, 4.69) is 20.8 Å². The molecule has 0 aromatic carbocycles. The van der Waals surface area contributed by atoms with Gasteiger partial charge in [0.05, 0.1) is 12.6 Å². The summed E-state index contributed by atoms with van der Waals surface area (Å²) in [4.78, 5) is 12.1. The van der Waals surface area contributed by atoms with Crippen molar-refractivity contribution in [3.63, 3.8) is 0 Å². The van der Waals surface area contributed by atoms with Crippen LogP contribution in [0.3, 0.4) is 0 Å². The third-order valence-electron chi connectivity index (χ3n) is 2.62. The van der Waals surface area contributed by atoms with Crippen molar-refractivity contribution >= 4 is 6.09 Å². The number of amides is 1. The van der Waals surface area contributed by atoms with Crippen molar-refractivity contribution in [2.45, 2.75) is 39.7 Å². The molecule has 1 atom stereocenters. The lowest BCUT2D eigenvalue weighted by Crippen LogP contribution is -2.28. The molecule has 1 fully saturated rings. The minimum absolute atomic E-state index is 0.100. The van der Waals surface area contributed by atoms with Gasteiger partial charge >= 0.3 is 6.09 Å². The van der Waals surface area contributed by atoms with E-state index in [1.54, 1.807) is 0 Å². The molecule has 1 rings (SSSR count). The predicted molar refractivity (Wildman–Crippen MR) is 58.0 cm³/mol. The first kappa shape index (κ1) is 12.3. The summed E-state index contributed by atoms with van der Waals surface area (Å²) in [5.74, 6) is 0. The van der Waals surface area contributed by atoms with Crippen molar-refractivity contribution in [2.75, 3.05) is 19.7 Å². The maximum Gasteiger partial charge on any atom is 0.407 e. The molecule has 0 radical (unpaired) electrons. The zero-order valence-corrected chi connectivity index (χ0v) is 9.82. The van der Waals surface area contributed by atoms with Gasteiger partial charge < -0.3 is 14.7 Å². The molecule has 0 unspecified atom stereocenters. The fourth-order valence-corrected chi connectivity index (χ4v) is 1.57. The zero-order valence-electron chi connectivity index (χ0n) is 9.82. The summed E-state index contributed by atoms with van der Waals surface area (Å²) in [7, 11) is 0. The Morgan fingerprint density at radius 3 is 2.67 bits per heavy atom. The summed E-state index contributed by atoms with van der Waals surface area (Å²) in [6.45, 7) is 8.38. The summed E-state index contributed by atoms with van der Waals surface area (Å²) in [6, 6.07) is 0. The van der Waals surface area contributed by atoms with E-state index in [1.165, 1.54) is 4.90 Å². The Hall–Kier alpha value is -0.770. The highest BCUT2D eigenvalue weighted by Crippen LogP contribution is 2.20. The van der Waals surface area contributed by atoms with Crippen LogP contribution >= 0.6 is 0 Å². The van der Waals surface area contributed by atoms with Crippen molar-refractivity contribution in [3.8, 4) is 0 Å². The molecule has 0 aliphatic carbocycles. The maximum absolute atomic E-state index is 10.7. The van der Waals surface area contributed by atoms with Crippen molar-refractivity contribution < 1.29 is 14.6 Å². The van der Waals surface area contributed by atoms with Crippen LogP contribution in [-0.2, 0) is 4.74 Å². The van der Waals surface area contributed by atoms with E-state index in [0.717, 1.165) is 19.4 Å². The van der Waals surface area contributed by atoms with Crippen molar-refractivity contribution in [1.82, 2.24) is 4.90 Å². The van der Waals surface area contributed by atoms with Crippen molar-refractivity contribution in [3.05, 3.63) is 0 Å². The lowest BCUT2D eigenvalue weighted by atomic mass is 9.93. The van der Waals surface area contributed by atoms with Crippen molar-refractivity contribution in [1.29, 1.82) is 0 Å². The monoisotopic (exact) mass is 215 g/mol. The minimum Gasteiger partial charge on any atom is -0.465 e.